The number of hydrogen-bond donors (Lipinski definition) is 0. The molecule has 0 spiro atoms. The third kappa shape index (κ3) is 3.67. The highest BCUT2D eigenvalue weighted by molar-refractivity contribution is 5.78. The summed E-state index contributed by atoms with van der Waals surface area (Å²) in [5.74, 6) is 1.21. The van der Waals surface area contributed by atoms with Gasteiger partial charge in [0.1, 0.15) is 5.75 Å². The molecule has 1 aromatic rings. The van der Waals surface area contributed by atoms with Gasteiger partial charge in [0.2, 0.25) is 5.91 Å². The maximum absolute atomic E-state index is 12.4. The van der Waals surface area contributed by atoms with Gasteiger partial charge in [0.25, 0.3) is 0 Å². The van der Waals surface area contributed by atoms with Crippen LogP contribution in [0.15, 0.2) is 24.3 Å². The molecule has 0 saturated carbocycles. The van der Waals surface area contributed by atoms with E-state index in [1.54, 1.807) is 7.11 Å². The van der Waals surface area contributed by atoms with Gasteiger partial charge in [-0.2, -0.15) is 0 Å². The number of hydrogen-bond acceptors (Lipinski definition) is 4. The Hall–Kier alpha value is -1.59. The van der Waals surface area contributed by atoms with Gasteiger partial charge >= 0.3 is 0 Å². The number of likely N-dealkylation sites (N-methyl/N-ethyl adjacent to an activating group) is 1. The number of nitrogens with zero attached hydrogens (tertiary/aromatic N) is 3. The molecule has 2 fully saturated rings. The molecular weight excluding hydrogens is 290 g/mol. The number of ether oxygens (including phenoxy) is 1. The normalized spacial score (nSPS) is 23.2. The Bertz CT molecular complexity index is 543. The highest BCUT2D eigenvalue weighted by atomic mass is 16.5. The van der Waals surface area contributed by atoms with E-state index in [0.717, 1.165) is 51.3 Å². The summed E-state index contributed by atoms with van der Waals surface area (Å²) in [5.41, 5.74) is 1.20. The van der Waals surface area contributed by atoms with E-state index in [9.17, 15) is 4.79 Å². The van der Waals surface area contributed by atoms with Crippen LogP contribution in [0.1, 0.15) is 24.4 Å². The summed E-state index contributed by atoms with van der Waals surface area (Å²) >= 11 is 0. The molecule has 0 aliphatic carbocycles. The molecule has 2 saturated heterocycles. The van der Waals surface area contributed by atoms with Crippen LogP contribution >= 0.6 is 0 Å². The minimum absolute atomic E-state index is 0.270. The standard InChI is InChI=1S/C18H27N3O2/c1-19-11-12-20(14-18(22)21-9-5-6-10-21)13-16(19)15-7-3-4-8-17(15)23-2/h3-4,7-8,16H,5-6,9-14H2,1-2H3. The van der Waals surface area contributed by atoms with Crippen LogP contribution in [-0.4, -0.2) is 74.0 Å². The molecule has 3 rings (SSSR count). The number of amides is 1. The Kier molecular flexibility index (Phi) is 5.18. The molecule has 5 nitrogen and oxygen atoms in total. The number of likely N-dealkylation sites (tertiary alicyclic amines) is 1. The molecule has 2 heterocycles. The summed E-state index contributed by atoms with van der Waals surface area (Å²) in [6.07, 6.45) is 2.30. The number of piperazine rings is 1. The molecule has 0 aromatic heterocycles. The molecule has 1 atom stereocenters. The third-order valence-corrected chi connectivity index (χ3v) is 5.05. The van der Waals surface area contributed by atoms with Crippen LogP contribution in [0.4, 0.5) is 0 Å². The van der Waals surface area contributed by atoms with Crippen LogP contribution in [0.2, 0.25) is 0 Å². The van der Waals surface area contributed by atoms with Crippen LogP contribution in [0.25, 0.3) is 0 Å². The van der Waals surface area contributed by atoms with E-state index in [-0.39, 0.29) is 11.9 Å². The smallest absolute Gasteiger partial charge is 0.236 e. The highest BCUT2D eigenvalue weighted by Gasteiger charge is 2.29. The largest absolute Gasteiger partial charge is 0.496 e. The zero-order valence-electron chi connectivity index (χ0n) is 14.2. The van der Waals surface area contributed by atoms with Crippen molar-refractivity contribution in [2.24, 2.45) is 0 Å². The van der Waals surface area contributed by atoms with E-state index in [2.05, 4.69) is 29.0 Å². The van der Waals surface area contributed by atoms with Crippen molar-refractivity contribution < 1.29 is 9.53 Å². The Labute approximate surface area is 138 Å². The summed E-state index contributed by atoms with van der Waals surface area (Å²) in [6, 6.07) is 8.47. The first-order valence-electron chi connectivity index (χ1n) is 8.52. The van der Waals surface area contributed by atoms with Gasteiger partial charge in [-0.3, -0.25) is 14.6 Å². The van der Waals surface area contributed by atoms with Crippen molar-refractivity contribution in [1.29, 1.82) is 0 Å². The van der Waals surface area contributed by atoms with E-state index >= 15 is 0 Å². The molecule has 2 aliphatic heterocycles. The third-order valence-electron chi connectivity index (χ3n) is 5.05. The summed E-state index contributed by atoms with van der Waals surface area (Å²) in [4.78, 5) is 19.1. The van der Waals surface area contributed by atoms with Gasteiger partial charge in [-0.05, 0) is 26.0 Å². The lowest BCUT2D eigenvalue weighted by atomic mass is 10.0. The molecule has 0 N–H and O–H groups in total. The number of benzene rings is 1. The first kappa shape index (κ1) is 16.3. The van der Waals surface area contributed by atoms with E-state index in [1.807, 2.05) is 17.0 Å². The van der Waals surface area contributed by atoms with Crippen LogP contribution in [-0.2, 0) is 4.79 Å². The summed E-state index contributed by atoms with van der Waals surface area (Å²) < 4.78 is 5.52. The van der Waals surface area contributed by atoms with Crippen LogP contribution in [0.5, 0.6) is 5.75 Å². The number of methoxy groups -OCH3 is 1. The predicted molar refractivity (Wildman–Crippen MR) is 90.6 cm³/mol. The molecule has 5 heteroatoms. The molecular formula is C18H27N3O2. The number of rotatable bonds is 4. The van der Waals surface area contributed by atoms with Gasteiger partial charge < -0.3 is 9.64 Å². The van der Waals surface area contributed by atoms with E-state index < -0.39 is 0 Å². The van der Waals surface area contributed by atoms with Gasteiger partial charge in [0.05, 0.1) is 19.7 Å². The van der Waals surface area contributed by atoms with Crippen molar-refractivity contribution in [3.63, 3.8) is 0 Å². The van der Waals surface area contributed by atoms with Crippen molar-refractivity contribution >= 4 is 5.91 Å². The van der Waals surface area contributed by atoms with Gasteiger partial charge in [-0.25, -0.2) is 0 Å². The minimum atomic E-state index is 0.270. The van der Waals surface area contributed by atoms with Gasteiger partial charge in [-0.15, -0.1) is 0 Å². The Morgan fingerprint density at radius 1 is 1.17 bits per heavy atom. The van der Waals surface area contributed by atoms with Crippen molar-refractivity contribution in [2.45, 2.75) is 18.9 Å². The van der Waals surface area contributed by atoms with E-state index in [4.69, 9.17) is 4.74 Å². The average molecular weight is 317 g/mol. The fraction of sp³-hybridized carbons (Fsp3) is 0.611. The molecule has 0 bridgehead atoms. The van der Waals surface area contributed by atoms with Crippen molar-refractivity contribution in [2.75, 3.05) is 53.4 Å². The lowest BCUT2D eigenvalue weighted by Gasteiger charge is -2.40. The zero-order chi connectivity index (χ0) is 16.2. The minimum Gasteiger partial charge on any atom is -0.496 e. The second kappa shape index (κ2) is 7.32. The van der Waals surface area contributed by atoms with Gasteiger partial charge in [0.15, 0.2) is 0 Å². The maximum Gasteiger partial charge on any atom is 0.236 e. The summed E-state index contributed by atoms with van der Waals surface area (Å²) in [6.45, 7) is 5.19. The van der Waals surface area contributed by atoms with Crippen LogP contribution < -0.4 is 4.74 Å². The average Bonchev–Trinajstić information content (AvgIpc) is 3.11. The van der Waals surface area contributed by atoms with Gasteiger partial charge in [0, 0.05) is 38.3 Å². The lowest BCUT2D eigenvalue weighted by molar-refractivity contribution is -0.132. The summed E-state index contributed by atoms with van der Waals surface area (Å²) in [7, 11) is 3.87. The maximum atomic E-state index is 12.4. The monoisotopic (exact) mass is 317 g/mol. The first-order valence-corrected chi connectivity index (χ1v) is 8.52. The van der Waals surface area contributed by atoms with Crippen molar-refractivity contribution in [3.8, 4) is 5.75 Å². The lowest BCUT2D eigenvalue weighted by Crippen LogP contribution is -2.50. The molecule has 1 aromatic carbocycles. The van der Waals surface area contributed by atoms with E-state index in [0.29, 0.717) is 6.54 Å². The van der Waals surface area contributed by atoms with Crippen LogP contribution in [0, 0.1) is 0 Å². The van der Waals surface area contributed by atoms with Crippen molar-refractivity contribution in [1.82, 2.24) is 14.7 Å². The Morgan fingerprint density at radius 3 is 2.65 bits per heavy atom. The number of carbonyl (C=O) groups excluding carboxylic acids is 1. The quantitative estimate of drug-likeness (QED) is 0.845. The second-order valence-corrected chi connectivity index (χ2v) is 6.56. The Balaban J connectivity index is 1.68. The topological polar surface area (TPSA) is 36.0 Å². The highest BCUT2D eigenvalue weighted by Crippen LogP contribution is 2.31. The van der Waals surface area contributed by atoms with Gasteiger partial charge in [-0.1, -0.05) is 18.2 Å². The fourth-order valence-electron chi connectivity index (χ4n) is 3.61. The number of carbonyl (C=O) groups is 1. The second-order valence-electron chi connectivity index (χ2n) is 6.56. The first-order chi connectivity index (χ1) is 11.2. The van der Waals surface area contributed by atoms with E-state index in [1.165, 1.54) is 5.56 Å². The molecule has 1 amide bonds. The summed E-state index contributed by atoms with van der Waals surface area (Å²) in [5, 5.41) is 0. The molecule has 2 aliphatic rings. The predicted octanol–water partition coefficient (Wildman–Crippen LogP) is 1.61. The number of para-hydroxylation sites is 1. The van der Waals surface area contributed by atoms with Crippen LogP contribution in [0.3, 0.4) is 0 Å². The molecule has 1 unspecified atom stereocenters. The SMILES string of the molecule is COc1ccccc1C1CN(CC(=O)N2CCCC2)CCN1C. The van der Waals surface area contributed by atoms with Crippen molar-refractivity contribution in [3.05, 3.63) is 29.8 Å². The Morgan fingerprint density at radius 2 is 1.91 bits per heavy atom. The molecule has 126 valence electrons. The fourth-order valence-corrected chi connectivity index (χ4v) is 3.61. The molecule has 23 heavy (non-hydrogen) atoms. The zero-order valence-corrected chi connectivity index (χ0v) is 14.2. The molecule has 0 radical (unpaired) electrons.